The van der Waals surface area contributed by atoms with E-state index in [1.165, 1.54) is 13.3 Å². The number of hydrogen-bond acceptors (Lipinski definition) is 5. The standard InChI is InChI=1S/C20H22BrClFN3O3/c1-5-26(3)17-11-14(20(27)25-29-9-8-28-4)19(18(23)12(17)2)24-16-7-6-13(21)10-15(16)22/h5-7,10-11,24H,1,8-9H2,2-4H3,(H,25,27). The van der Waals surface area contributed by atoms with Gasteiger partial charge in [0.25, 0.3) is 5.91 Å². The molecule has 0 fully saturated rings. The van der Waals surface area contributed by atoms with Gasteiger partial charge in [0.2, 0.25) is 0 Å². The van der Waals surface area contributed by atoms with Gasteiger partial charge in [0, 0.05) is 29.9 Å². The van der Waals surface area contributed by atoms with Gasteiger partial charge < -0.3 is 15.0 Å². The Hall–Kier alpha value is -2.13. The van der Waals surface area contributed by atoms with Gasteiger partial charge in [-0.3, -0.25) is 9.63 Å². The summed E-state index contributed by atoms with van der Waals surface area (Å²) in [6, 6.07) is 6.67. The minimum absolute atomic E-state index is 0.0132. The Kier molecular flexibility index (Phi) is 8.45. The Morgan fingerprint density at radius 1 is 1.38 bits per heavy atom. The maximum absolute atomic E-state index is 15.3. The molecular weight excluding hydrogens is 465 g/mol. The number of rotatable bonds is 9. The maximum Gasteiger partial charge on any atom is 0.277 e. The summed E-state index contributed by atoms with van der Waals surface area (Å²) in [5.41, 5.74) is 3.63. The summed E-state index contributed by atoms with van der Waals surface area (Å²) in [7, 11) is 3.23. The number of hydrogen-bond donors (Lipinski definition) is 2. The number of nitrogens with one attached hydrogen (secondary N) is 2. The Bertz CT molecular complexity index is 911. The first kappa shape index (κ1) is 23.2. The van der Waals surface area contributed by atoms with Gasteiger partial charge in [-0.05, 0) is 37.4 Å². The summed E-state index contributed by atoms with van der Waals surface area (Å²) < 4.78 is 20.9. The highest BCUT2D eigenvalue weighted by molar-refractivity contribution is 9.10. The second-order valence-electron chi connectivity index (χ2n) is 6.07. The van der Waals surface area contributed by atoms with E-state index in [1.807, 2.05) is 0 Å². The summed E-state index contributed by atoms with van der Waals surface area (Å²) in [6.07, 6.45) is 1.53. The van der Waals surface area contributed by atoms with Crippen LogP contribution >= 0.6 is 27.5 Å². The SMILES string of the molecule is C=CN(C)c1cc(C(=O)NOCCOC)c(Nc2ccc(Br)cc2Cl)c(F)c1C. The maximum atomic E-state index is 15.3. The minimum atomic E-state index is -0.616. The van der Waals surface area contributed by atoms with Crippen molar-refractivity contribution >= 4 is 50.5 Å². The van der Waals surface area contributed by atoms with E-state index in [0.717, 1.165) is 4.47 Å². The van der Waals surface area contributed by atoms with Crippen molar-refractivity contribution < 1.29 is 18.8 Å². The van der Waals surface area contributed by atoms with Crippen LogP contribution in [-0.2, 0) is 9.57 Å². The van der Waals surface area contributed by atoms with Gasteiger partial charge in [0.05, 0.1) is 35.2 Å². The van der Waals surface area contributed by atoms with Gasteiger partial charge >= 0.3 is 0 Å². The van der Waals surface area contributed by atoms with Crippen LogP contribution in [0.25, 0.3) is 0 Å². The lowest BCUT2D eigenvalue weighted by Gasteiger charge is -2.22. The monoisotopic (exact) mass is 485 g/mol. The highest BCUT2D eigenvalue weighted by Crippen LogP contribution is 2.36. The van der Waals surface area contributed by atoms with E-state index in [9.17, 15) is 4.79 Å². The molecule has 0 aliphatic heterocycles. The highest BCUT2D eigenvalue weighted by atomic mass is 79.9. The van der Waals surface area contributed by atoms with Crippen LogP contribution in [0.3, 0.4) is 0 Å². The summed E-state index contributed by atoms with van der Waals surface area (Å²) in [5.74, 6) is -1.20. The Morgan fingerprint density at radius 2 is 2.10 bits per heavy atom. The quantitative estimate of drug-likeness (QED) is 0.378. The number of ether oxygens (including phenoxy) is 1. The molecule has 1 amide bonds. The van der Waals surface area contributed by atoms with E-state index in [4.69, 9.17) is 21.2 Å². The molecule has 0 spiro atoms. The van der Waals surface area contributed by atoms with Gasteiger partial charge in [0.1, 0.15) is 0 Å². The van der Waals surface area contributed by atoms with Crippen LogP contribution in [0, 0.1) is 12.7 Å². The summed E-state index contributed by atoms with van der Waals surface area (Å²) >= 11 is 9.58. The van der Waals surface area contributed by atoms with Gasteiger partial charge in [-0.15, -0.1) is 0 Å². The smallest absolute Gasteiger partial charge is 0.277 e. The molecule has 29 heavy (non-hydrogen) atoms. The number of carbonyl (C=O) groups excluding carboxylic acids is 1. The second kappa shape index (κ2) is 10.6. The molecule has 156 valence electrons. The largest absolute Gasteiger partial charge is 0.382 e. The predicted octanol–water partition coefficient (Wildman–Crippen LogP) is 5.18. The van der Waals surface area contributed by atoms with Crippen LogP contribution in [0.2, 0.25) is 5.02 Å². The normalized spacial score (nSPS) is 10.6. The lowest BCUT2D eigenvalue weighted by Crippen LogP contribution is -2.27. The molecule has 2 rings (SSSR count). The molecule has 0 unspecified atom stereocenters. The van der Waals surface area contributed by atoms with Crippen LogP contribution < -0.4 is 15.7 Å². The van der Waals surface area contributed by atoms with Crippen molar-refractivity contribution in [1.82, 2.24) is 5.48 Å². The van der Waals surface area contributed by atoms with Gasteiger partial charge in [-0.2, -0.15) is 0 Å². The van der Waals surface area contributed by atoms with Crippen LogP contribution in [-0.4, -0.2) is 33.3 Å². The molecule has 2 aromatic rings. The van der Waals surface area contributed by atoms with Crippen molar-refractivity contribution in [3.05, 3.63) is 63.5 Å². The van der Waals surface area contributed by atoms with Gasteiger partial charge in [-0.25, -0.2) is 9.87 Å². The first-order chi connectivity index (χ1) is 13.8. The summed E-state index contributed by atoms with van der Waals surface area (Å²) in [6.45, 7) is 5.76. The molecule has 0 saturated heterocycles. The van der Waals surface area contributed by atoms with E-state index in [0.29, 0.717) is 28.6 Å². The average molecular weight is 487 g/mol. The van der Waals surface area contributed by atoms with Crippen molar-refractivity contribution in [2.75, 3.05) is 37.6 Å². The second-order valence-corrected chi connectivity index (χ2v) is 7.40. The number of benzene rings is 2. The third-order valence-corrected chi connectivity index (χ3v) is 4.93. The molecule has 6 nitrogen and oxygen atoms in total. The third kappa shape index (κ3) is 5.70. The molecule has 0 atom stereocenters. The number of methoxy groups -OCH3 is 1. The van der Waals surface area contributed by atoms with Crippen LogP contribution in [0.15, 0.2) is 41.5 Å². The fraction of sp³-hybridized carbons (Fsp3) is 0.250. The van der Waals surface area contributed by atoms with Crippen LogP contribution in [0.5, 0.6) is 0 Å². The minimum Gasteiger partial charge on any atom is -0.382 e. The van der Waals surface area contributed by atoms with Gasteiger partial charge in [-0.1, -0.05) is 34.1 Å². The molecule has 9 heteroatoms. The summed E-state index contributed by atoms with van der Waals surface area (Å²) in [4.78, 5) is 19.4. The first-order valence-electron chi connectivity index (χ1n) is 8.61. The van der Waals surface area contributed by atoms with Crippen molar-refractivity contribution in [3.8, 4) is 0 Å². The molecule has 2 aromatic carbocycles. The predicted molar refractivity (Wildman–Crippen MR) is 117 cm³/mol. The molecule has 0 heterocycles. The van der Waals surface area contributed by atoms with Crippen molar-refractivity contribution in [1.29, 1.82) is 0 Å². The highest BCUT2D eigenvalue weighted by Gasteiger charge is 2.22. The number of hydroxylamine groups is 1. The van der Waals surface area contributed by atoms with Crippen LogP contribution in [0.4, 0.5) is 21.5 Å². The topological polar surface area (TPSA) is 62.8 Å². The first-order valence-corrected chi connectivity index (χ1v) is 9.78. The molecule has 0 aromatic heterocycles. The molecular formula is C20H22BrClFN3O3. The number of carbonyl (C=O) groups is 1. The Balaban J connectivity index is 2.50. The van der Waals surface area contributed by atoms with Crippen molar-refractivity contribution in [2.45, 2.75) is 6.92 Å². The molecule has 2 N–H and O–H groups in total. The van der Waals surface area contributed by atoms with Gasteiger partial charge in [0.15, 0.2) is 5.82 Å². The summed E-state index contributed by atoms with van der Waals surface area (Å²) in [5, 5.41) is 3.30. The molecule has 0 aliphatic carbocycles. The average Bonchev–Trinajstić information content (AvgIpc) is 2.70. The fourth-order valence-corrected chi connectivity index (χ4v) is 3.24. The van der Waals surface area contributed by atoms with Crippen molar-refractivity contribution in [3.63, 3.8) is 0 Å². The third-order valence-electron chi connectivity index (χ3n) is 4.13. The van der Waals surface area contributed by atoms with Crippen molar-refractivity contribution in [2.24, 2.45) is 0 Å². The zero-order valence-corrected chi connectivity index (χ0v) is 18.7. The van der Waals surface area contributed by atoms with Crippen LogP contribution in [0.1, 0.15) is 15.9 Å². The molecule has 0 aliphatic rings. The van der Waals surface area contributed by atoms with E-state index in [2.05, 4.69) is 33.3 Å². The van der Waals surface area contributed by atoms with E-state index in [1.54, 1.807) is 43.1 Å². The zero-order chi connectivity index (χ0) is 21.6. The number of anilines is 3. The number of amides is 1. The van der Waals surface area contributed by atoms with E-state index >= 15 is 4.39 Å². The van der Waals surface area contributed by atoms with E-state index in [-0.39, 0.29) is 17.9 Å². The van der Waals surface area contributed by atoms with E-state index < -0.39 is 11.7 Å². The fourth-order valence-electron chi connectivity index (χ4n) is 2.52. The molecule has 0 bridgehead atoms. The molecule has 0 radical (unpaired) electrons. The Labute approximate surface area is 182 Å². The lowest BCUT2D eigenvalue weighted by molar-refractivity contribution is 0.00892. The zero-order valence-electron chi connectivity index (χ0n) is 16.3. The number of nitrogens with zero attached hydrogens (tertiary/aromatic N) is 1. The number of halogens is 3. The molecule has 0 saturated carbocycles. The lowest BCUT2D eigenvalue weighted by atomic mass is 10.0. The Morgan fingerprint density at radius 3 is 2.72 bits per heavy atom.